The number of nitrogens with one attached hydrogen (secondary N) is 1. The summed E-state index contributed by atoms with van der Waals surface area (Å²) in [4.78, 5) is 34.6. The number of anilines is 1. The third-order valence-corrected chi connectivity index (χ3v) is 3.75. The van der Waals surface area contributed by atoms with Gasteiger partial charge in [-0.1, -0.05) is 0 Å². The Morgan fingerprint density at radius 1 is 1.03 bits per heavy atom. The Bertz CT molecular complexity index is 882. The highest BCUT2D eigenvalue weighted by atomic mass is 16.6. The third kappa shape index (κ3) is 6.09. The molecule has 0 aliphatic carbocycles. The number of amides is 1. The monoisotopic (exact) mass is 404 g/mol. The molecule has 0 saturated carbocycles. The zero-order valence-electron chi connectivity index (χ0n) is 16.0. The van der Waals surface area contributed by atoms with Crippen LogP contribution in [0.4, 0.5) is 11.4 Å². The van der Waals surface area contributed by atoms with Crippen molar-refractivity contribution in [2.24, 2.45) is 0 Å². The molecule has 0 aromatic heterocycles. The molecule has 10 nitrogen and oxygen atoms in total. The van der Waals surface area contributed by atoms with Gasteiger partial charge < -0.3 is 24.3 Å². The summed E-state index contributed by atoms with van der Waals surface area (Å²) >= 11 is 0. The maximum Gasteiger partial charge on any atom is 0.344 e. The molecule has 0 heterocycles. The van der Waals surface area contributed by atoms with Crippen LogP contribution in [0.25, 0.3) is 0 Å². The van der Waals surface area contributed by atoms with Gasteiger partial charge >= 0.3 is 5.97 Å². The molecule has 0 saturated heterocycles. The lowest BCUT2D eigenvalue weighted by Crippen LogP contribution is -2.31. The van der Waals surface area contributed by atoms with E-state index in [9.17, 15) is 19.7 Å². The number of carbonyl (C=O) groups excluding carboxylic acids is 2. The zero-order chi connectivity index (χ0) is 21.4. The van der Waals surface area contributed by atoms with E-state index in [1.165, 1.54) is 39.3 Å². The SMILES string of the molecule is COc1ccc(OCC(=O)OC(C)C(=O)Nc2ccc(OC)cc2[N+](=O)[O-])cc1. The summed E-state index contributed by atoms with van der Waals surface area (Å²) in [5, 5.41) is 13.5. The number of rotatable bonds is 9. The van der Waals surface area contributed by atoms with Gasteiger partial charge in [0.1, 0.15) is 22.9 Å². The van der Waals surface area contributed by atoms with Crippen LogP contribution < -0.4 is 19.5 Å². The Morgan fingerprint density at radius 3 is 2.21 bits per heavy atom. The van der Waals surface area contributed by atoms with Gasteiger partial charge in [-0.15, -0.1) is 0 Å². The van der Waals surface area contributed by atoms with Crippen molar-refractivity contribution in [1.29, 1.82) is 0 Å². The van der Waals surface area contributed by atoms with Crippen molar-refractivity contribution in [2.75, 3.05) is 26.1 Å². The second-order valence-electron chi connectivity index (χ2n) is 5.73. The van der Waals surface area contributed by atoms with Gasteiger partial charge in [0.25, 0.3) is 11.6 Å². The van der Waals surface area contributed by atoms with Gasteiger partial charge in [0.2, 0.25) is 0 Å². The average Bonchev–Trinajstić information content (AvgIpc) is 2.72. The van der Waals surface area contributed by atoms with E-state index in [1.807, 2.05) is 0 Å². The number of nitrogens with zero attached hydrogens (tertiary/aromatic N) is 1. The molecule has 1 N–H and O–H groups in total. The van der Waals surface area contributed by atoms with E-state index in [2.05, 4.69) is 5.32 Å². The van der Waals surface area contributed by atoms with Gasteiger partial charge in [0.15, 0.2) is 12.7 Å². The van der Waals surface area contributed by atoms with Crippen molar-refractivity contribution in [3.63, 3.8) is 0 Å². The normalized spacial score (nSPS) is 11.1. The largest absolute Gasteiger partial charge is 0.497 e. The molecule has 1 atom stereocenters. The van der Waals surface area contributed by atoms with Crippen LogP contribution >= 0.6 is 0 Å². The molecule has 0 bridgehead atoms. The van der Waals surface area contributed by atoms with E-state index in [1.54, 1.807) is 24.3 Å². The Morgan fingerprint density at radius 2 is 1.62 bits per heavy atom. The van der Waals surface area contributed by atoms with Gasteiger partial charge in [0.05, 0.1) is 25.2 Å². The minimum atomic E-state index is -1.19. The van der Waals surface area contributed by atoms with E-state index in [4.69, 9.17) is 18.9 Å². The molecule has 0 spiro atoms. The number of nitro benzene ring substituents is 1. The summed E-state index contributed by atoms with van der Waals surface area (Å²) in [5.41, 5.74) is -0.391. The fourth-order valence-corrected chi connectivity index (χ4v) is 2.23. The van der Waals surface area contributed by atoms with Crippen LogP contribution in [0, 0.1) is 10.1 Å². The van der Waals surface area contributed by atoms with Gasteiger partial charge in [-0.25, -0.2) is 4.79 Å². The summed E-state index contributed by atoms with van der Waals surface area (Å²) in [7, 11) is 2.90. The van der Waals surface area contributed by atoms with Crippen molar-refractivity contribution >= 4 is 23.3 Å². The lowest BCUT2D eigenvalue weighted by Gasteiger charge is -2.14. The molecule has 0 aliphatic rings. The molecule has 2 aromatic carbocycles. The number of hydrogen-bond donors (Lipinski definition) is 1. The predicted octanol–water partition coefficient (Wildman–Crippen LogP) is 2.56. The zero-order valence-corrected chi connectivity index (χ0v) is 16.0. The first kappa shape index (κ1) is 21.5. The van der Waals surface area contributed by atoms with E-state index in [0.29, 0.717) is 11.5 Å². The maximum atomic E-state index is 12.2. The molecule has 29 heavy (non-hydrogen) atoms. The third-order valence-electron chi connectivity index (χ3n) is 3.75. The van der Waals surface area contributed by atoms with Crippen molar-refractivity contribution in [2.45, 2.75) is 13.0 Å². The summed E-state index contributed by atoms with van der Waals surface area (Å²) in [6.45, 7) is 0.933. The molecule has 10 heteroatoms. The van der Waals surface area contributed by atoms with Gasteiger partial charge in [-0.2, -0.15) is 0 Å². The van der Waals surface area contributed by atoms with Crippen LogP contribution in [0.2, 0.25) is 0 Å². The van der Waals surface area contributed by atoms with Crippen LogP contribution in [-0.2, 0) is 14.3 Å². The first-order valence-corrected chi connectivity index (χ1v) is 8.43. The topological polar surface area (TPSA) is 126 Å². The smallest absolute Gasteiger partial charge is 0.344 e. The Hall–Kier alpha value is -3.82. The number of carbonyl (C=O) groups is 2. The molecule has 1 unspecified atom stereocenters. The molecular weight excluding hydrogens is 384 g/mol. The second kappa shape index (κ2) is 9.93. The Kier molecular flexibility index (Phi) is 7.35. The fourth-order valence-electron chi connectivity index (χ4n) is 2.23. The van der Waals surface area contributed by atoms with E-state index >= 15 is 0 Å². The minimum Gasteiger partial charge on any atom is -0.497 e. The van der Waals surface area contributed by atoms with E-state index in [-0.39, 0.29) is 17.1 Å². The quantitative estimate of drug-likeness (QED) is 0.384. The highest BCUT2D eigenvalue weighted by molar-refractivity contribution is 5.97. The molecule has 0 radical (unpaired) electrons. The maximum absolute atomic E-state index is 12.2. The first-order chi connectivity index (χ1) is 13.8. The van der Waals surface area contributed by atoms with E-state index in [0.717, 1.165) is 0 Å². The second-order valence-corrected chi connectivity index (χ2v) is 5.73. The lowest BCUT2D eigenvalue weighted by atomic mass is 10.2. The number of hydrogen-bond acceptors (Lipinski definition) is 8. The lowest BCUT2D eigenvalue weighted by molar-refractivity contribution is -0.384. The predicted molar refractivity (Wildman–Crippen MR) is 102 cm³/mol. The van der Waals surface area contributed by atoms with Gasteiger partial charge in [0, 0.05) is 0 Å². The summed E-state index contributed by atoms with van der Waals surface area (Å²) < 4.78 is 20.2. The van der Waals surface area contributed by atoms with Crippen molar-refractivity contribution in [3.05, 3.63) is 52.6 Å². The number of esters is 1. The van der Waals surface area contributed by atoms with Crippen LogP contribution in [0.15, 0.2) is 42.5 Å². The first-order valence-electron chi connectivity index (χ1n) is 8.43. The van der Waals surface area contributed by atoms with Crippen LogP contribution in [0.5, 0.6) is 17.2 Å². The van der Waals surface area contributed by atoms with Crippen LogP contribution in [0.1, 0.15) is 6.92 Å². The van der Waals surface area contributed by atoms with Crippen molar-refractivity contribution in [3.8, 4) is 17.2 Å². The molecule has 1 amide bonds. The van der Waals surface area contributed by atoms with Crippen LogP contribution in [0.3, 0.4) is 0 Å². The summed E-state index contributed by atoms with van der Waals surface area (Å²) in [6.07, 6.45) is -1.19. The minimum absolute atomic E-state index is 0.0434. The van der Waals surface area contributed by atoms with Gasteiger partial charge in [-0.05, 0) is 43.3 Å². The molecule has 0 fully saturated rings. The number of benzene rings is 2. The fraction of sp³-hybridized carbons (Fsp3) is 0.263. The molecule has 2 rings (SSSR count). The Labute approximate surface area is 166 Å². The highest BCUT2D eigenvalue weighted by Crippen LogP contribution is 2.29. The molecular formula is C19H20N2O8. The average molecular weight is 404 g/mol. The summed E-state index contributed by atoms with van der Waals surface area (Å²) in [6, 6.07) is 10.5. The summed E-state index contributed by atoms with van der Waals surface area (Å²) in [5.74, 6) is -0.167. The van der Waals surface area contributed by atoms with Crippen molar-refractivity contribution < 1.29 is 33.5 Å². The highest BCUT2D eigenvalue weighted by Gasteiger charge is 2.22. The molecule has 2 aromatic rings. The molecule has 154 valence electrons. The van der Waals surface area contributed by atoms with Gasteiger partial charge in [-0.3, -0.25) is 14.9 Å². The number of nitro groups is 1. The van der Waals surface area contributed by atoms with Crippen molar-refractivity contribution in [1.82, 2.24) is 0 Å². The molecule has 0 aliphatic heterocycles. The number of methoxy groups -OCH3 is 2. The Balaban J connectivity index is 1.91. The number of ether oxygens (including phenoxy) is 4. The standard InChI is InChI=1S/C19H20N2O8/c1-12(29-18(22)11-28-14-6-4-13(26-2)5-7-14)19(23)20-16-9-8-15(27-3)10-17(16)21(24)25/h4-10,12H,11H2,1-3H3,(H,20,23). The van der Waals surface area contributed by atoms with E-state index < -0.39 is 29.5 Å². The van der Waals surface area contributed by atoms with Crippen LogP contribution in [-0.4, -0.2) is 43.7 Å².